The third-order valence-electron chi connectivity index (χ3n) is 2.27. The molecule has 0 atom stereocenters. The monoisotopic (exact) mass is 207 g/mol. The van der Waals surface area contributed by atoms with Gasteiger partial charge in [0.1, 0.15) is 12.1 Å². The van der Waals surface area contributed by atoms with E-state index in [1.54, 1.807) is 7.11 Å². The van der Waals surface area contributed by atoms with Crippen molar-refractivity contribution in [1.29, 1.82) is 0 Å². The SMILES string of the molecule is CCc1nc2ncnn2c(N)c1COC. The van der Waals surface area contributed by atoms with Gasteiger partial charge in [0.25, 0.3) is 5.78 Å². The summed E-state index contributed by atoms with van der Waals surface area (Å²) in [6.07, 6.45) is 2.24. The molecule has 0 unspecified atom stereocenters. The summed E-state index contributed by atoms with van der Waals surface area (Å²) in [4.78, 5) is 8.37. The van der Waals surface area contributed by atoms with Gasteiger partial charge in [0.2, 0.25) is 0 Å². The summed E-state index contributed by atoms with van der Waals surface area (Å²) in [7, 11) is 1.63. The number of nitrogen functional groups attached to an aromatic ring is 1. The van der Waals surface area contributed by atoms with E-state index in [0.717, 1.165) is 17.7 Å². The Balaban J connectivity index is 2.68. The van der Waals surface area contributed by atoms with Crippen LogP contribution < -0.4 is 5.73 Å². The van der Waals surface area contributed by atoms with Crippen molar-refractivity contribution in [2.45, 2.75) is 20.0 Å². The van der Waals surface area contributed by atoms with Gasteiger partial charge in [-0.05, 0) is 6.42 Å². The first-order chi connectivity index (χ1) is 7.27. The Labute approximate surface area is 87.1 Å². The Kier molecular flexibility index (Phi) is 2.51. The fraction of sp³-hybridized carbons (Fsp3) is 0.444. The van der Waals surface area contributed by atoms with Gasteiger partial charge in [-0.2, -0.15) is 14.6 Å². The molecule has 0 saturated heterocycles. The van der Waals surface area contributed by atoms with Crippen LogP contribution in [0.25, 0.3) is 5.78 Å². The molecular formula is C9H13N5O. The molecule has 6 heteroatoms. The summed E-state index contributed by atoms with van der Waals surface area (Å²) < 4.78 is 6.62. The molecule has 0 aliphatic carbocycles. The van der Waals surface area contributed by atoms with Crippen LogP contribution >= 0.6 is 0 Å². The van der Waals surface area contributed by atoms with Crippen LogP contribution in [0.4, 0.5) is 5.82 Å². The summed E-state index contributed by atoms with van der Waals surface area (Å²) in [5.74, 6) is 1.08. The molecule has 80 valence electrons. The fourth-order valence-electron chi connectivity index (χ4n) is 1.54. The predicted molar refractivity (Wildman–Crippen MR) is 55.3 cm³/mol. The fourth-order valence-corrected chi connectivity index (χ4v) is 1.54. The summed E-state index contributed by atoms with van der Waals surface area (Å²) >= 11 is 0. The van der Waals surface area contributed by atoms with E-state index >= 15 is 0 Å². The van der Waals surface area contributed by atoms with E-state index in [9.17, 15) is 0 Å². The molecular weight excluding hydrogens is 194 g/mol. The maximum absolute atomic E-state index is 5.97. The Morgan fingerprint density at radius 1 is 1.53 bits per heavy atom. The molecule has 15 heavy (non-hydrogen) atoms. The van der Waals surface area contributed by atoms with Crippen molar-refractivity contribution < 1.29 is 4.74 Å². The second kappa shape index (κ2) is 3.82. The van der Waals surface area contributed by atoms with E-state index < -0.39 is 0 Å². The van der Waals surface area contributed by atoms with Gasteiger partial charge in [-0.15, -0.1) is 0 Å². The molecule has 0 spiro atoms. The predicted octanol–water partition coefficient (Wildman–Crippen LogP) is 0.415. The van der Waals surface area contributed by atoms with Gasteiger partial charge in [-0.25, -0.2) is 4.98 Å². The van der Waals surface area contributed by atoms with Crippen molar-refractivity contribution in [3.8, 4) is 0 Å². The second-order valence-electron chi connectivity index (χ2n) is 3.18. The van der Waals surface area contributed by atoms with E-state index in [2.05, 4.69) is 15.1 Å². The molecule has 0 radical (unpaired) electrons. The first-order valence-electron chi connectivity index (χ1n) is 4.73. The zero-order valence-corrected chi connectivity index (χ0v) is 8.77. The van der Waals surface area contributed by atoms with Crippen molar-refractivity contribution >= 4 is 11.6 Å². The largest absolute Gasteiger partial charge is 0.383 e. The third kappa shape index (κ3) is 1.52. The Morgan fingerprint density at radius 3 is 3.00 bits per heavy atom. The topological polar surface area (TPSA) is 78.3 Å². The second-order valence-corrected chi connectivity index (χ2v) is 3.18. The highest BCUT2D eigenvalue weighted by Crippen LogP contribution is 2.17. The summed E-state index contributed by atoms with van der Waals surface area (Å²) in [5.41, 5.74) is 7.77. The molecule has 2 heterocycles. The minimum atomic E-state index is 0.442. The number of hydrogen-bond donors (Lipinski definition) is 1. The van der Waals surface area contributed by atoms with Crippen LogP contribution in [0.5, 0.6) is 0 Å². The van der Waals surface area contributed by atoms with Gasteiger partial charge in [0.15, 0.2) is 0 Å². The zero-order chi connectivity index (χ0) is 10.8. The average molecular weight is 207 g/mol. The van der Waals surface area contributed by atoms with Crippen molar-refractivity contribution in [2.75, 3.05) is 12.8 Å². The molecule has 0 bridgehead atoms. The molecule has 0 aliphatic heterocycles. The molecule has 2 aromatic heterocycles. The van der Waals surface area contributed by atoms with Gasteiger partial charge < -0.3 is 10.5 Å². The molecule has 0 aliphatic rings. The summed E-state index contributed by atoms with van der Waals surface area (Å²) in [5, 5.41) is 4.00. The number of rotatable bonds is 3. The zero-order valence-electron chi connectivity index (χ0n) is 8.77. The lowest BCUT2D eigenvalue weighted by Gasteiger charge is -2.09. The Hall–Kier alpha value is -1.69. The molecule has 2 N–H and O–H groups in total. The van der Waals surface area contributed by atoms with Crippen molar-refractivity contribution in [2.24, 2.45) is 0 Å². The highest BCUT2D eigenvalue weighted by Gasteiger charge is 2.12. The van der Waals surface area contributed by atoms with Gasteiger partial charge >= 0.3 is 0 Å². The van der Waals surface area contributed by atoms with Crippen LogP contribution in [0.1, 0.15) is 18.2 Å². The first kappa shape index (κ1) is 9.85. The quantitative estimate of drug-likeness (QED) is 0.788. The molecule has 0 amide bonds. The Morgan fingerprint density at radius 2 is 2.33 bits per heavy atom. The highest BCUT2D eigenvalue weighted by atomic mass is 16.5. The van der Waals surface area contributed by atoms with E-state index in [4.69, 9.17) is 10.5 Å². The summed E-state index contributed by atoms with van der Waals surface area (Å²) in [6.45, 7) is 2.46. The smallest absolute Gasteiger partial charge is 0.254 e. The number of nitrogens with two attached hydrogens (primary N) is 1. The third-order valence-corrected chi connectivity index (χ3v) is 2.27. The van der Waals surface area contributed by atoms with Crippen LogP contribution in [0.3, 0.4) is 0 Å². The van der Waals surface area contributed by atoms with Gasteiger partial charge in [0.05, 0.1) is 12.3 Å². The van der Waals surface area contributed by atoms with Crippen molar-refractivity contribution in [3.63, 3.8) is 0 Å². The lowest BCUT2D eigenvalue weighted by Crippen LogP contribution is -2.10. The molecule has 2 aromatic rings. The molecule has 0 fully saturated rings. The number of aromatic nitrogens is 4. The number of nitrogens with zero attached hydrogens (tertiary/aromatic N) is 4. The number of anilines is 1. The van der Waals surface area contributed by atoms with Gasteiger partial charge in [0, 0.05) is 12.7 Å². The van der Waals surface area contributed by atoms with Gasteiger partial charge in [-0.3, -0.25) is 0 Å². The average Bonchev–Trinajstić information content (AvgIpc) is 2.70. The highest BCUT2D eigenvalue weighted by molar-refractivity contribution is 5.49. The lowest BCUT2D eigenvalue weighted by atomic mass is 10.2. The van der Waals surface area contributed by atoms with E-state index in [1.807, 2.05) is 6.92 Å². The van der Waals surface area contributed by atoms with Crippen LogP contribution in [0, 0.1) is 0 Å². The van der Waals surface area contributed by atoms with Crippen LogP contribution in [-0.4, -0.2) is 26.7 Å². The maximum Gasteiger partial charge on any atom is 0.254 e. The van der Waals surface area contributed by atoms with E-state index in [-0.39, 0.29) is 0 Å². The van der Waals surface area contributed by atoms with Crippen molar-refractivity contribution in [3.05, 3.63) is 17.6 Å². The summed E-state index contributed by atoms with van der Waals surface area (Å²) in [6, 6.07) is 0. The van der Waals surface area contributed by atoms with Crippen LogP contribution in [0.2, 0.25) is 0 Å². The van der Waals surface area contributed by atoms with E-state index in [1.165, 1.54) is 10.8 Å². The Bertz CT molecular complexity index is 479. The van der Waals surface area contributed by atoms with Crippen LogP contribution in [-0.2, 0) is 17.8 Å². The minimum Gasteiger partial charge on any atom is -0.383 e. The van der Waals surface area contributed by atoms with E-state index in [0.29, 0.717) is 18.2 Å². The number of aryl methyl sites for hydroxylation is 1. The first-order valence-corrected chi connectivity index (χ1v) is 4.73. The van der Waals surface area contributed by atoms with Crippen molar-refractivity contribution in [1.82, 2.24) is 19.6 Å². The molecule has 6 nitrogen and oxygen atoms in total. The molecule has 0 saturated carbocycles. The number of fused-ring (bicyclic) bond motifs is 1. The molecule has 0 aromatic carbocycles. The molecule has 2 rings (SSSR count). The number of hydrogen-bond acceptors (Lipinski definition) is 5. The van der Waals surface area contributed by atoms with Gasteiger partial charge in [-0.1, -0.05) is 6.92 Å². The minimum absolute atomic E-state index is 0.442. The lowest BCUT2D eigenvalue weighted by molar-refractivity contribution is 0.184. The van der Waals surface area contributed by atoms with Crippen LogP contribution in [0.15, 0.2) is 6.33 Å². The number of methoxy groups -OCH3 is 1. The standard InChI is InChI=1S/C9H13N5O/c1-3-7-6(4-15-2)8(10)14-9(13-7)11-5-12-14/h5H,3-4,10H2,1-2H3. The normalized spacial score (nSPS) is 11.1. The number of ether oxygens (including phenoxy) is 1. The maximum atomic E-state index is 5.97.